The zero-order chi connectivity index (χ0) is 21.9. The molecule has 0 radical (unpaired) electrons. The number of aromatic nitrogens is 2. The number of ketones is 1. The van der Waals surface area contributed by atoms with Crippen LogP contribution in [0.4, 0.5) is 10.2 Å². The Morgan fingerprint density at radius 2 is 1.83 bits per heavy atom. The Kier molecular flexibility index (Phi) is 6.23. The lowest BCUT2D eigenvalue weighted by molar-refractivity contribution is -0.144. The van der Waals surface area contributed by atoms with Crippen LogP contribution in [0.25, 0.3) is 0 Å². The van der Waals surface area contributed by atoms with E-state index in [9.17, 15) is 23.6 Å². The molecular weight excluding hydrogens is 393 g/mol. The number of nitrogens with zero attached hydrogens (tertiary/aromatic N) is 2. The van der Waals surface area contributed by atoms with Crippen molar-refractivity contribution in [1.29, 1.82) is 0 Å². The summed E-state index contributed by atoms with van der Waals surface area (Å²) < 4.78 is 16.4. The van der Waals surface area contributed by atoms with Gasteiger partial charge in [0, 0.05) is 32.7 Å². The van der Waals surface area contributed by atoms with E-state index in [1.807, 2.05) is 0 Å². The predicted octanol–water partition coefficient (Wildman–Crippen LogP) is 1.14. The molecule has 9 nitrogen and oxygen atoms in total. The number of hydrogen-bond acceptors (Lipinski definition) is 5. The van der Waals surface area contributed by atoms with E-state index < -0.39 is 40.8 Å². The summed E-state index contributed by atoms with van der Waals surface area (Å²) in [5, 5.41) is 11.6. The van der Waals surface area contributed by atoms with Crippen molar-refractivity contribution in [3.63, 3.8) is 0 Å². The molecule has 3 N–H and O–H groups in total. The minimum atomic E-state index is -1.52. The molecule has 1 heterocycles. The molecule has 2 saturated carbocycles. The number of carbonyl (C=O) groups excluding carboxylic acids is 4. The van der Waals surface area contributed by atoms with E-state index in [4.69, 9.17) is 0 Å². The van der Waals surface area contributed by atoms with E-state index in [1.54, 1.807) is 19.3 Å². The van der Waals surface area contributed by atoms with Gasteiger partial charge in [-0.2, -0.15) is 5.10 Å². The molecule has 1 aromatic heterocycles. The largest absolute Gasteiger partial charge is 0.344 e. The Hall–Kier alpha value is -2.78. The SMILES string of the molecule is CC(=O)NC(CC1(F)CCCC1)C(=O)NC1(C(=O)C(=O)Nc2ccn(C)n2)CCC1. The Morgan fingerprint density at radius 3 is 2.33 bits per heavy atom. The van der Waals surface area contributed by atoms with Crippen LogP contribution >= 0.6 is 0 Å². The van der Waals surface area contributed by atoms with Gasteiger partial charge in [0.2, 0.25) is 17.6 Å². The van der Waals surface area contributed by atoms with Crippen molar-refractivity contribution >= 4 is 29.3 Å². The lowest BCUT2D eigenvalue weighted by atomic mass is 9.73. The maximum Gasteiger partial charge on any atom is 0.295 e. The Morgan fingerprint density at radius 1 is 1.17 bits per heavy atom. The molecule has 1 aromatic rings. The highest BCUT2D eigenvalue weighted by molar-refractivity contribution is 6.44. The monoisotopic (exact) mass is 421 g/mol. The van der Waals surface area contributed by atoms with E-state index >= 15 is 0 Å². The first-order valence-electron chi connectivity index (χ1n) is 10.3. The smallest absolute Gasteiger partial charge is 0.295 e. The van der Waals surface area contributed by atoms with Gasteiger partial charge in [0.1, 0.15) is 17.2 Å². The molecule has 3 amide bonds. The van der Waals surface area contributed by atoms with Crippen LogP contribution in [0.3, 0.4) is 0 Å². The van der Waals surface area contributed by atoms with E-state index in [0.29, 0.717) is 32.1 Å². The average Bonchev–Trinajstić information content (AvgIpc) is 3.24. The highest BCUT2D eigenvalue weighted by atomic mass is 19.1. The average molecular weight is 421 g/mol. The van der Waals surface area contributed by atoms with Crippen LogP contribution in [-0.2, 0) is 26.2 Å². The number of amides is 3. The summed E-state index contributed by atoms with van der Waals surface area (Å²) in [5.41, 5.74) is -2.86. The summed E-state index contributed by atoms with van der Waals surface area (Å²) >= 11 is 0. The second-order valence-electron chi connectivity index (χ2n) is 8.40. The summed E-state index contributed by atoms with van der Waals surface area (Å²) in [5.74, 6) is -2.52. The lowest BCUT2D eigenvalue weighted by Gasteiger charge is -2.41. The van der Waals surface area contributed by atoms with Crippen molar-refractivity contribution in [2.75, 3.05) is 5.32 Å². The van der Waals surface area contributed by atoms with Gasteiger partial charge in [-0.05, 0) is 32.1 Å². The normalized spacial score (nSPS) is 20.0. The first-order valence-corrected chi connectivity index (χ1v) is 10.3. The highest BCUT2D eigenvalue weighted by Crippen LogP contribution is 2.38. The molecule has 1 unspecified atom stereocenters. The molecule has 1 atom stereocenters. The van der Waals surface area contributed by atoms with E-state index in [2.05, 4.69) is 21.0 Å². The van der Waals surface area contributed by atoms with Gasteiger partial charge in [-0.1, -0.05) is 12.8 Å². The quantitative estimate of drug-likeness (QED) is 0.544. The maximum absolute atomic E-state index is 15.0. The zero-order valence-corrected chi connectivity index (χ0v) is 17.3. The van der Waals surface area contributed by atoms with E-state index in [0.717, 1.165) is 12.8 Å². The maximum atomic E-state index is 15.0. The number of Topliss-reactive ketones (excluding diaryl/α,β-unsaturated/α-hetero) is 1. The van der Waals surface area contributed by atoms with Crippen molar-refractivity contribution in [2.24, 2.45) is 7.05 Å². The predicted molar refractivity (Wildman–Crippen MR) is 106 cm³/mol. The highest BCUT2D eigenvalue weighted by Gasteiger charge is 2.49. The summed E-state index contributed by atoms with van der Waals surface area (Å²) in [6.07, 6.45) is 4.90. The van der Waals surface area contributed by atoms with Gasteiger partial charge in [-0.25, -0.2) is 4.39 Å². The molecule has 0 aliphatic heterocycles. The van der Waals surface area contributed by atoms with Crippen LogP contribution in [0, 0.1) is 0 Å². The Bertz CT molecular complexity index is 842. The van der Waals surface area contributed by atoms with Gasteiger partial charge >= 0.3 is 0 Å². The third-order valence-corrected chi connectivity index (χ3v) is 5.93. The molecule has 3 rings (SSSR count). The lowest BCUT2D eigenvalue weighted by Crippen LogP contribution is -2.65. The number of alkyl halides is 1. The molecule has 2 aliphatic rings. The van der Waals surface area contributed by atoms with Gasteiger partial charge in [0.05, 0.1) is 0 Å². The first-order chi connectivity index (χ1) is 14.1. The standard InChI is InChI=1S/C20H28FN5O4/c1-13(27)22-14(12-19(21)7-3-4-8-19)17(29)24-20(9-5-10-20)16(28)18(30)23-15-6-11-26(2)25-15/h6,11,14H,3-5,7-10,12H2,1-2H3,(H,22,27)(H,24,29)(H,23,25,30). The second kappa shape index (κ2) is 8.53. The summed E-state index contributed by atoms with van der Waals surface area (Å²) in [7, 11) is 1.68. The van der Waals surface area contributed by atoms with Crippen LogP contribution in [0.15, 0.2) is 12.3 Å². The van der Waals surface area contributed by atoms with Crippen LogP contribution in [0.2, 0.25) is 0 Å². The van der Waals surface area contributed by atoms with E-state index in [1.165, 1.54) is 11.6 Å². The molecule has 0 saturated heterocycles. The summed E-state index contributed by atoms with van der Waals surface area (Å²) in [6.45, 7) is 1.25. The van der Waals surface area contributed by atoms with Crippen molar-refractivity contribution in [1.82, 2.24) is 20.4 Å². The van der Waals surface area contributed by atoms with Crippen LogP contribution < -0.4 is 16.0 Å². The number of carbonyl (C=O) groups is 4. The third-order valence-electron chi connectivity index (χ3n) is 5.93. The van der Waals surface area contributed by atoms with Crippen molar-refractivity contribution in [2.45, 2.75) is 75.5 Å². The molecule has 10 heteroatoms. The van der Waals surface area contributed by atoms with Gasteiger partial charge < -0.3 is 16.0 Å². The molecule has 0 spiro atoms. The number of rotatable bonds is 8. The molecule has 164 valence electrons. The summed E-state index contributed by atoms with van der Waals surface area (Å²) in [6, 6.07) is 0.446. The fraction of sp³-hybridized carbons (Fsp3) is 0.650. The van der Waals surface area contributed by atoms with Crippen LogP contribution in [0.5, 0.6) is 0 Å². The molecule has 0 aromatic carbocycles. The third kappa shape index (κ3) is 4.85. The fourth-order valence-corrected chi connectivity index (χ4v) is 4.17. The first kappa shape index (κ1) is 21.9. The van der Waals surface area contributed by atoms with Gasteiger partial charge in [-0.15, -0.1) is 0 Å². The number of aryl methyl sites for hydroxylation is 1. The van der Waals surface area contributed by atoms with Gasteiger partial charge in [0.15, 0.2) is 5.82 Å². The second-order valence-corrected chi connectivity index (χ2v) is 8.40. The van der Waals surface area contributed by atoms with Crippen LogP contribution in [-0.4, -0.2) is 50.5 Å². The summed E-state index contributed by atoms with van der Waals surface area (Å²) in [4.78, 5) is 49.7. The topological polar surface area (TPSA) is 122 Å². The number of halogens is 1. The molecule has 0 bridgehead atoms. The molecule has 30 heavy (non-hydrogen) atoms. The number of hydrogen-bond donors (Lipinski definition) is 3. The minimum Gasteiger partial charge on any atom is -0.344 e. The Balaban J connectivity index is 1.69. The fourth-order valence-electron chi connectivity index (χ4n) is 4.17. The molecular formula is C20H28FN5O4. The zero-order valence-electron chi connectivity index (χ0n) is 17.3. The van der Waals surface area contributed by atoms with Crippen LogP contribution in [0.1, 0.15) is 58.3 Å². The van der Waals surface area contributed by atoms with Gasteiger partial charge in [-0.3, -0.25) is 23.9 Å². The van der Waals surface area contributed by atoms with Crippen molar-refractivity contribution in [3.8, 4) is 0 Å². The Labute approximate surface area is 174 Å². The van der Waals surface area contributed by atoms with Crippen molar-refractivity contribution in [3.05, 3.63) is 12.3 Å². The number of nitrogens with one attached hydrogen (secondary N) is 3. The van der Waals surface area contributed by atoms with Gasteiger partial charge in [0.25, 0.3) is 5.91 Å². The van der Waals surface area contributed by atoms with E-state index in [-0.39, 0.29) is 12.2 Å². The minimum absolute atomic E-state index is 0.150. The molecule has 2 aliphatic carbocycles. The number of anilines is 1. The molecule has 2 fully saturated rings. The van der Waals surface area contributed by atoms with Crippen molar-refractivity contribution < 1.29 is 23.6 Å².